The molecule has 16 heavy (non-hydrogen) atoms. The molecule has 0 bridgehead atoms. The molecule has 1 aromatic heterocycles. The minimum absolute atomic E-state index is 0.636. The van der Waals surface area contributed by atoms with Crippen LogP contribution in [0.1, 0.15) is 43.3 Å². The van der Waals surface area contributed by atoms with E-state index in [9.17, 15) is 0 Å². The van der Waals surface area contributed by atoms with Gasteiger partial charge in [0.05, 0.1) is 17.3 Å². The van der Waals surface area contributed by atoms with Crippen molar-refractivity contribution in [3.05, 3.63) is 23.9 Å². The second-order valence-corrected chi connectivity index (χ2v) is 5.11. The first-order valence-electron chi connectivity index (χ1n) is 6.10. The number of rotatable bonds is 2. The maximum absolute atomic E-state index is 5.87. The molecule has 0 aliphatic heterocycles. The molecule has 0 radical (unpaired) electrons. The minimum Gasteiger partial charge on any atom is -0.399 e. The lowest BCUT2D eigenvalue weighted by Crippen LogP contribution is -1.96. The molecule has 2 aromatic rings. The van der Waals surface area contributed by atoms with E-state index < -0.39 is 0 Å². The number of anilines is 1. The highest BCUT2D eigenvalue weighted by Crippen LogP contribution is 2.45. The smallest absolute Gasteiger partial charge is 0.0734 e. The summed E-state index contributed by atoms with van der Waals surface area (Å²) in [5.74, 6) is 0.714. The monoisotopic (exact) mass is 213 g/mol. The summed E-state index contributed by atoms with van der Waals surface area (Å²) < 4.78 is 2.21. The molecule has 0 amide bonds. The normalized spacial score (nSPS) is 20.5. The maximum atomic E-state index is 5.87. The number of benzene rings is 1. The van der Waals surface area contributed by atoms with Gasteiger partial charge in [-0.25, -0.2) is 0 Å². The summed E-state index contributed by atoms with van der Waals surface area (Å²) in [5.41, 5.74) is 9.26. The summed E-state index contributed by atoms with van der Waals surface area (Å²) in [6.45, 7) is 0. The number of fused-ring (bicyclic) bond motifs is 1. The van der Waals surface area contributed by atoms with E-state index in [1.165, 1.54) is 42.3 Å². The third-order valence-corrected chi connectivity index (χ3v) is 3.62. The molecule has 2 aliphatic carbocycles. The van der Waals surface area contributed by atoms with Gasteiger partial charge in [-0.1, -0.05) is 0 Å². The highest BCUT2D eigenvalue weighted by atomic mass is 15.3. The first kappa shape index (κ1) is 8.62. The van der Waals surface area contributed by atoms with Gasteiger partial charge in [0.2, 0.25) is 0 Å². The van der Waals surface area contributed by atoms with Crippen molar-refractivity contribution in [3.63, 3.8) is 0 Å². The molecule has 0 spiro atoms. The maximum Gasteiger partial charge on any atom is 0.0734 e. The lowest BCUT2D eigenvalue weighted by Gasteiger charge is -2.00. The highest BCUT2D eigenvalue weighted by molar-refractivity contribution is 5.85. The van der Waals surface area contributed by atoms with Crippen LogP contribution in [-0.4, -0.2) is 9.78 Å². The topological polar surface area (TPSA) is 43.8 Å². The van der Waals surface area contributed by atoms with Crippen LogP contribution in [0, 0.1) is 0 Å². The molecular weight excluding hydrogens is 198 g/mol. The van der Waals surface area contributed by atoms with Crippen LogP contribution in [-0.2, 0) is 0 Å². The average molecular weight is 213 g/mol. The van der Waals surface area contributed by atoms with Crippen molar-refractivity contribution in [3.8, 4) is 0 Å². The Hall–Kier alpha value is -1.51. The van der Waals surface area contributed by atoms with Gasteiger partial charge in [0.1, 0.15) is 0 Å². The number of hydrogen-bond donors (Lipinski definition) is 1. The van der Waals surface area contributed by atoms with E-state index >= 15 is 0 Å². The first-order chi connectivity index (χ1) is 7.83. The third kappa shape index (κ3) is 1.17. The van der Waals surface area contributed by atoms with Crippen LogP contribution < -0.4 is 5.73 Å². The number of nitrogens with two attached hydrogens (primary N) is 1. The lowest BCUT2D eigenvalue weighted by atomic mass is 10.1. The zero-order valence-electron chi connectivity index (χ0n) is 9.19. The lowest BCUT2D eigenvalue weighted by molar-refractivity contribution is 0.651. The van der Waals surface area contributed by atoms with E-state index in [4.69, 9.17) is 10.8 Å². The Balaban J connectivity index is 2.00. The van der Waals surface area contributed by atoms with Crippen molar-refractivity contribution in [2.75, 3.05) is 5.73 Å². The van der Waals surface area contributed by atoms with E-state index in [-0.39, 0.29) is 0 Å². The number of aromatic nitrogens is 2. The average Bonchev–Trinajstić information content (AvgIpc) is 3.15. The Morgan fingerprint density at radius 2 is 2.00 bits per heavy atom. The molecule has 0 saturated heterocycles. The predicted octanol–water partition coefficient (Wildman–Crippen LogP) is 2.83. The van der Waals surface area contributed by atoms with Crippen molar-refractivity contribution in [1.29, 1.82) is 0 Å². The second-order valence-electron chi connectivity index (χ2n) is 5.11. The Morgan fingerprint density at radius 3 is 2.69 bits per heavy atom. The van der Waals surface area contributed by atoms with Crippen molar-refractivity contribution in [2.45, 2.75) is 37.6 Å². The fourth-order valence-corrected chi connectivity index (χ4v) is 2.43. The number of hydrogen-bond acceptors (Lipinski definition) is 2. The Labute approximate surface area is 94.2 Å². The van der Waals surface area contributed by atoms with Crippen molar-refractivity contribution >= 4 is 16.6 Å². The minimum atomic E-state index is 0.636. The predicted molar refractivity (Wildman–Crippen MR) is 64.4 cm³/mol. The van der Waals surface area contributed by atoms with Crippen LogP contribution >= 0.6 is 0 Å². The molecule has 3 nitrogen and oxygen atoms in total. The number of nitrogens with zero attached hydrogens (tertiary/aromatic N) is 2. The van der Waals surface area contributed by atoms with Gasteiger partial charge in [-0.15, -0.1) is 0 Å². The number of nitrogen functional groups attached to an aromatic ring is 1. The van der Waals surface area contributed by atoms with Crippen molar-refractivity contribution < 1.29 is 0 Å². The van der Waals surface area contributed by atoms with E-state index in [1.54, 1.807) is 0 Å². The van der Waals surface area contributed by atoms with Gasteiger partial charge >= 0.3 is 0 Å². The molecule has 0 unspecified atom stereocenters. The molecule has 1 heterocycles. The van der Waals surface area contributed by atoms with E-state index in [1.807, 2.05) is 6.07 Å². The van der Waals surface area contributed by atoms with Crippen LogP contribution in [0.25, 0.3) is 10.9 Å². The van der Waals surface area contributed by atoms with Gasteiger partial charge in [-0.2, -0.15) is 5.10 Å². The summed E-state index contributed by atoms with van der Waals surface area (Å²) in [4.78, 5) is 0. The standard InChI is InChI=1S/C13H15N3/c14-9-3-6-11-12(7-9)16(10-4-5-10)15-13(11)8-1-2-8/h3,6-8,10H,1-2,4-5,14H2. The van der Waals surface area contributed by atoms with Crippen LogP contribution in [0.2, 0.25) is 0 Å². The van der Waals surface area contributed by atoms with Gasteiger partial charge in [-0.05, 0) is 43.9 Å². The highest BCUT2D eigenvalue weighted by Gasteiger charge is 2.32. The molecule has 2 N–H and O–H groups in total. The SMILES string of the molecule is Nc1ccc2c(C3CC3)nn(C3CC3)c2c1. The summed E-state index contributed by atoms with van der Waals surface area (Å²) in [7, 11) is 0. The molecular formula is C13H15N3. The molecule has 82 valence electrons. The molecule has 4 rings (SSSR count). The molecule has 2 aliphatic rings. The van der Waals surface area contributed by atoms with Crippen molar-refractivity contribution in [2.24, 2.45) is 0 Å². The molecule has 0 atom stereocenters. The molecule has 2 saturated carbocycles. The fraction of sp³-hybridized carbons (Fsp3) is 0.462. The van der Waals surface area contributed by atoms with Crippen LogP contribution in [0.5, 0.6) is 0 Å². The second kappa shape index (κ2) is 2.78. The quantitative estimate of drug-likeness (QED) is 0.779. The Kier molecular flexibility index (Phi) is 1.50. The van der Waals surface area contributed by atoms with E-state index in [0.29, 0.717) is 12.0 Å². The third-order valence-electron chi connectivity index (χ3n) is 3.62. The summed E-state index contributed by atoms with van der Waals surface area (Å²) >= 11 is 0. The van der Waals surface area contributed by atoms with Gasteiger partial charge in [0.15, 0.2) is 0 Å². The van der Waals surface area contributed by atoms with E-state index in [0.717, 1.165) is 5.69 Å². The van der Waals surface area contributed by atoms with Crippen LogP contribution in [0.3, 0.4) is 0 Å². The van der Waals surface area contributed by atoms with Crippen LogP contribution in [0.15, 0.2) is 18.2 Å². The van der Waals surface area contributed by atoms with Gasteiger partial charge in [-0.3, -0.25) is 4.68 Å². The zero-order valence-corrected chi connectivity index (χ0v) is 9.19. The first-order valence-corrected chi connectivity index (χ1v) is 6.10. The molecule has 1 aromatic carbocycles. The van der Waals surface area contributed by atoms with Crippen molar-refractivity contribution in [1.82, 2.24) is 9.78 Å². The largest absolute Gasteiger partial charge is 0.399 e. The summed E-state index contributed by atoms with van der Waals surface area (Å²) in [5, 5.41) is 6.14. The zero-order chi connectivity index (χ0) is 10.7. The Morgan fingerprint density at radius 1 is 1.19 bits per heavy atom. The fourth-order valence-electron chi connectivity index (χ4n) is 2.43. The van der Waals surface area contributed by atoms with E-state index in [2.05, 4.69) is 16.8 Å². The molecule has 2 fully saturated rings. The summed E-state index contributed by atoms with van der Waals surface area (Å²) in [6.07, 6.45) is 5.16. The summed E-state index contributed by atoms with van der Waals surface area (Å²) in [6, 6.07) is 6.85. The molecule has 3 heteroatoms. The van der Waals surface area contributed by atoms with Gasteiger partial charge < -0.3 is 5.73 Å². The van der Waals surface area contributed by atoms with Crippen LogP contribution in [0.4, 0.5) is 5.69 Å². The van der Waals surface area contributed by atoms with Gasteiger partial charge in [0, 0.05) is 17.0 Å². The Bertz CT molecular complexity index is 562. The van der Waals surface area contributed by atoms with Gasteiger partial charge in [0.25, 0.3) is 0 Å².